The van der Waals surface area contributed by atoms with Crippen LogP contribution < -0.4 is 15.4 Å². The normalized spacial score (nSPS) is 13.2. The van der Waals surface area contributed by atoms with Gasteiger partial charge in [-0.25, -0.2) is 13.1 Å². The van der Waals surface area contributed by atoms with Gasteiger partial charge in [0.25, 0.3) is 0 Å². The number of aliphatic imine (C=N–C) groups is 1. The van der Waals surface area contributed by atoms with Crippen LogP contribution in [0.15, 0.2) is 4.99 Å². The highest BCUT2D eigenvalue weighted by molar-refractivity contribution is 7.88. The molecule has 0 aromatic rings. The SMILES string of the molecule is CCCCOCCCNC(=NCC(C)(C)NS(C)(=O)=O)NCC. The first kappa shape index (κ1) is 22.1. The van der Waals surface area contributed by atoms with Crippen LogP contribution in [-0.2, 0) is 14.8 Å². The van der Waals surface area contributed by atoms with E-state index < -0.39 is 15.6 Å². The molecule has 138 valence electrons. The summed E-state index contributed by atoms with van der Waals surface area (Å²) in [5, 5.41) is 6.38. The minimum atomic E-state index is -3.25. The van der Waals surface area contributed by atoms with Gasteiger partial charge in [-0.15, -0.1) is 0 Å². The maximum atomic E-state index is 11.3. The molecule has 0 aromatic carbocycles. The van der Waals surface area contributed by atoms with E-state index in [1.165, 1.54) is 0 Å². The Bertz CT molecular complexity index is 436. The fourth-order valence-electron chi connectivity index (χ4n) is 1.88. The molecule has 0 radical (unpaired) electrons. The molecule has 0 atom stereocenters. The third-order valence-corrected chi connectivity index (χ3v) is 3.76. The second kappa shape index (κ2) is 11.6. The van der Waals surface area contributed by atoms with Crippen molar-refractivity contribution in [3.8, 4) is 0 Å². The number of ether oxygens (including phenoxy) is 1. The smallest absolute Gasteiger partial charge is 0.209 e. The molecular weight excluding hydrogens is 316 g/mol. The minimum Gasteiger partial charge on any atom is -0.381 e. The van der Waals surface area contributed by atoms with E-state index in [1.807, 2.05) is 20.8 Å². The maximum Gasteiger partial charge on any atom is 0.209 e. The van der Waals surface area contributed by atoms with E-state index in [1.54, 1.807) is 0 Å². The summed E-state index contributed by atoms with van der Waals surface area (Å²) < 4.78 is 30.7. The predicted molar refractivity (Wildman–Crippen MR) is 96.4 cm³/mol. The summed E-state index contributed by atoms with van der Waals surface area (Å²) in [5.74, 6) is 0.685. The lowest BCUT2D eigenvalue weighted by atomic mass is 10.1. The molecule has 0 fully saturated rings. The molecule has 0 aromatic heterocycles. The fourth-order valence-corrected chi connectivity index (χ4v) is 2.95. The Balaban J connectivity index is 4.22. The number of unbranched alkanes of at least 4 members (excludes halogenated alkanes) is 1. The van der Waals surface area contributed by atoms with Gasteiger partial charge in [-0.1, -0.05) is 13.3 Å². The number of hydrogen-bond acceptors (Lipinski definition) is 4. The number of rotatable bonds is 12. The largest absolute Gasteiger partial charge is 0.381 e. The van der Waals surface area contributed by atoms with Crippen molar-refractivity contribution >= 4 is 16.0 Å². The molecule has 0 unspecified atom stereocenters. The first-order valence-electron chi connectivity index (χ1n) is 8.29. The molecule has 8 heteroatoms. The molecule has 0 saturated carbocycles. The molecule has 0 aliphatic heterocycles. The summed E-state index contributed by atoms with van der Waals surface area (Å²) in [4.78, 5) is 4.44. The summed E-state index contributed by atoms with van der Waals surface area (Å²) in [6, 6.07) is 0. The van der Waals surface area contributed by atoms with E-state index in [0.717, 1.165) is 51.8 Å². The summed E-state index contributed by atoms with van der Waals surface area (Å²) in [6.45, 7) is 11.2. The van der Waals surface area contributed by atoms with E-state index in [2.05, 4.69) is 27.3 Å². The van der Waals surface area contributed by atoms with Crippen molar-refractivity contribution in [1.29, 1.82) is 0 Å². The number of sulfonamides is 1. The molecule has 0 amide bonds. The van der Waals surface area contributed by atoms with Crippen molar-refractivity contribution in [3.63, 3.8) is 0 Å². The molecule has 0 rings (SSSR count). The van der Waals surface area contributed by atoms with Crippen molar-refractivity contribution in [1.82, 2.24) is 15.4 Å². The van der Waals surface area contributed by atoms with Crippen molar-refractivity contribution in [2.75, 3.05) is 39.1 Å². The lowest BCUT2D eigenvalue weighted by molar-refractivity contribution is 0.129. The summed E-state index contributed by atoms with van der Waals surface area (Å²) >= 11 is 0. The Morgan fingerprint density at radius 1 is 1.13 bits per heavy atom. The van der Waals surface area contributed by atoms with Crippen LogP contribution in [-0.4, -0.2) is 59.0 Å². The number of nitrogens with one attached hydrogen (secondary N) is 3. The van der Waals surface area contributed by atoms with E-state index in [9.17, 15) is 8.42 Å². The average Bonchev–Trinajstić information content (AvgIpc) is 2.41. The van der Waals surface area contributed by atoms with Crippen molar-refractivity contribution < 1.29 is 13.2 Å². The van der Waals surface area contributed by atoms with Gasteiger partial charge >= 0.3 is 0 Å². The van der Waals surface area contributed by atoms with Crippen LogP contribution in [0.1, 0.15) is 47.0 Å². The second-order valence-electron chi connectivity index (χ2n) is 6.20. The molecule has 3 N–H and O–H groups in total. The molecule has 0 bridgehead atoms. The first-order chi connectivity index (χ1) is 10.7. The van der Waals surface area contributed by atoms with E-state index in [0.29, 0.717) is 12.5 Å². The van der Waals surface area contributed by atoms with Crippen LogP contribution in [0, 0.1) is 0 Å². The Kier molecular flexibility index (Phi) is 11.2. The fraction of sp³-hybridized carbons (Fsp3) is 0.933. The highest BCUT2D eigenvalue weighted by Gasteiger charge is 2.21. The third-order valence-electron chi connectivity index (χ3n) is 2.84. The maximum absolute atomic E-state index is 11.3. The lowest BCUT2D eigenvalue weighted by Crippen LogP contribution is -2.46. The third kappa shape index (κ3) is 14.5. The van der Waals surface area contributed by atoms with Crippen LogP contribution in [0.25, 0.3) is 0 Å². The monoisotopic (exact) mass is 350 g/mol. The van der Waals surface area contributed by atoms with Gasteiger partial charge in [0.1, 0.15) is 0 Å². The van der Waals surface area contributed by atoms with Crippen LogP contribution in [0.5, 0.6) is 0 Å². The summed E-state index contributed by atoms with van der Waals surface area (Å²) in [5.41, 5.74) is -0.626. The average molecular weight is 351 g/mol. The topological polar surface area (TPSA) is 91.8 Å². The molecule has 7 nitrogen and oxygen atoms in total. The van der Waals surface area contributed by atoms with E-state index in [-0.39, 0.29) is 0 Å². The first-order valence-corrected chi connectivity index (χ1v) is 10.2. The highest BCUT2D eigenvalue weighted by Crippen LogP contribution is 2.04. The Morgan fingerprint density at radius 3 is 2.35 bits per heavy atom. The zero-order chi connectivity index (χ0) is 17.8. The Morgan fingerprint density at radius 2 is 1.78 bits per heavy atom. The van der Waals surface area contributed by atoms with Gasteiger partial charge in [0.05, 0.1) is 12.8 Å². The van der Waals surface area contributed by atoms with Crippen LogP contribution in [0.3, 0.4) is 0 Å². The molecule has 0 saturated heterocycles. The molecule has 0 heterocycles. The molecule has 0 aliphatic carbocycles. The van der Waals surface area contributed by atoms with Crippen molar-refractivity contribution in [2.45, 2.75) is 52.5 Å². The zero-order valence-corrected chi connectivity index (χ0v) is 16.1. The minimum absolute atomic E-state index is 0.350. The molecular formula is C15H34N4O3S. The van der Waals surface area contributed by atoms with Gasteiger partial charge in [0.15, 0.2) is 5.96 Å². The van der Waals surface area contributed by atoms with E-state index >= 15 is 0 Å². The zero-order valence-electron chi connectivity index (χ0n) is 15.2. The van der Waals surface area contributed by atoms with Gasteiger partial charge in [0, 0.05) is 31.8 Å². The van der Waals surface area contributed by atoms with Gasteiger partial charge in [-0.3, -0.25) is 4.99 Å². The predicted octanol–water partition coefficient (Wildman–Crippen LogP) is 1.08. The number of hydrogen-bond donors (Lipinski definition) is 3. The standard InChI is InChI=1S/C15H34N4O3S/c1-6-8-11-22-12-9-10-17-14(16-7-2)18-13-15(3,4)19-23(5,20)21/h19H,6-13H2,1-5H3,(H2,16,17,18). The number of nitrogens with zero attached hydrogens (tertiary/aromatic N) is 1. The Labute approximate surface area is 141 Å². The van der Waals surface area contributed by atoms with Gasteiger partial charge in [0.2, 0.25) is 10.0 Å². The lowest BCUT2D eigenvalue weighted by Gasteiger charge is -2.23. The molecule has 23 heavy (non-hydrogen) atoms. The summed E-state index contributed by atoms with van der Waals surface area (Å²) in [7, 11) is -3.25. The van der Waals surface area contributed by atoms with Crippen molar-refractivity contribution in [3.05, 3.63) is 0 Å². The van der Waals surface area contributed by atoms with Gasteiger partial charge in [-0.05, 0) is 33.6 Å². The Hall–Kier alpha value is -0.860. The van der Waals surface area contributed by atoms with Crippen LogP contribution in [0.2, 0.25) is 0 Å². The van der Waals surface area contributed by atoms with Crippen molar-refractivity contribution in [2.24, 2.45) is 4.99 Å². The van der Waals surface area contributed by atoms with Crippen LogP contribution >= 0.6 is 0 Å². The summed E-state index contributed by atoms with van der Waals surface area (Å²) in [6.07, 6.45) is 4.30. The quantitative estimate of drug-likeness (QED) is 0.278. The van der Waals surface area contributed by atoms with Gasteiger partial charge < -0.3 is 15.4 Å². The van der Waals surface area contributed by atoms with Crippen LogP contribution in [0.4, 0.5) is 0 Å². The highest BCUT2D eigenvalue weighted by atomic mass is 32.2. The number of guanidine groups is 1. The van der Waals surface area contributed by atoms with E-state index in [4.69, 9.17) is 4.74 Å². The van der Waals surface area contributed by atoms with Gasteiger partial charge in [-0.2, -0.15) is 0 Å². The molecule has 0 spiro atoms. The second-order valence-corrected chi connectivity index (χ2v) is 7.95. The molecule has 0 aliphatic rings.